The summed E-state index contributed by atoms with van der Waals surface area (Å²) >= 11 is 3.49. The predicted octanol–water partition coefficient (Wildman–Crippen LogP) is 6.33. The number of rotatable bonds is 4. The third-order valence-corrected chi connectivity index (χ3v) is 10.4. The fourth-order valence-corrected chi connectivity index (χ4v) is 4.58. The zero-order chi connectivity index (χ0) is 24.9. The van der Waals surface area contributed by atoms with Gasteiger partial charge in [0.1, 0.15) is 23.1 Å². The van der Waals surface area contributed by atoms with Crippen molar-refractivity contribution < 1.29 is 28.2 Å². The molecular formula is C24H37BrO6Si. The molecule has 32 heavy (non-hydrogen) atoms. The molecule has 0 bridgehead atoms. The van der Waals surface area contributed by atoms with E-state index in [-0.39, 0.29) is 5.04 Å². The van der Waals surface area contributed by atoms with E-state index >= 15 is 0 Å². The van der Waals surface area contributed by atoms with Gasteiger partial charge in [0.05, 0.1) is 0 Å². The Morgan fingerprint density at radius 3 is 1.81 bits per heavy atom. The molecule has 1 aliphatic heterocycles. The van der Waals surface area contributed by atoms with Gasteiger partial charge in [0, 0.05) is 10.0 Å². The Morgan fingerprint density at radius 2 is 1.41 bits per heavy atom. The Morgan fingerprint density at radius 1 is 0.938 bits per heavy atom. The molecule has 0 spiro atoms. The second kappa shape index (κ2) is 8.44. The standard InChI is InChI=1S/C24H37BrO6Si/c1-21(2,3)29-19(26)24(20(27)30-22(4,5)6)18(31-32(10,11)23(7,8)9)16-14-15(25)12-13-17(16)28-24/h12-14,18H,1-11H3. The first-order chi connectivity index (χ1) is 14.2. The lowest BCUT2D eigenvalue weighted by Gasteiger charge is -2.42. The highest BCUT2D eigenvalue weighted by Gasteiger charge is 2.66. The molecule has 0 saturated heterocycles. The van der Waals surface area contributed by atoms with Crippen LogP contribution in [0.4, 0.5) is 0 Å². The molecule has 0 saturated carbocycles. The smallest absolute Gasteiger partial charge is 0.366 e. The molecule has 0 fully saturated rings. The maximum Gasteiger partial charge on any atom is 0.366 e. The molecule has 0 aromatic heterocycles. The first-order valence-corrected chi connectivity index (χ1v) is 14.5. The van der Waals surface area contributed by atoms with Crippen LogP contribution in [0.15, 0.2) is 22.7 Å². The van der Waals surface area contributed by atoms with Gasteiger partial charge in [-0.3, -0.25) is 0 Å². The molecule has 8 heteroatoms. The van der Waals surface area contributed by atoms with Crippen LogP contribution in [0.25, 0.3) is 0 Å². The molecule has 0 aliphatic carbocycles. The minimum Gasteiger partial charge on any atom is -0.461 e. The van der Waals surface area contributed by atoms with Gasteiger partial charge in [-0.1, -0.05) is 36.7 Å². The third-order valence-electron chi connectivity index (χ3n) is 5.52. The highest BCUT2D eigenvalue weighted by molar-refractivity contribution is 9.10. The molecule has 0 N–H and O–H groups in total. The summed E-state index contributed by atoms with van der Waals surface area (Å²) in [5.74, 6) is -1.25. The van der Waals surface area contributed by atoms with Crippen molar-refractivity contribution in [3.8, 4) is 5.75 Å². The molecule has 1 aromatic carbocycles. The van der Waals surface area contributed by atoms with Gasteiger partial charge in [-0.2, -0.15) is 0 Å². The first-order valence-electron chi connectivity index (χ1n) is 10.8. The predicted molar refractivity (Wildman–Crippen MR) is 130 cm³/mol. The van der Waals surface area contributed by atoms with Gasteiger partial charge in [-0.25, -0.2) is 9.59 Å². The van der Waals surface area contributed by atoms with E-state index in [2.05, 4.69) is 49.8 Å². The number of carbonyl (C=O) groups excluding carboxylic acids is 2. The minimum absolute atomic E-state index is 0.171. The number of fused-ring (bicyclic) bond motifs is 1. The fourth-order valence-electron chi connectivity index (χ4n) is 2.97. The lowest BCUT2D eigenvalue weighted by Crippen LogP contribution is -2.60. The van der Waals surface area contributed by atoms with Gasteiger partial charge in [0.25, 0.3) is 0 Å². The molecule has 1 heterocycles. The largest absolute Gasteiger partial charge is 0.461 e. The highest BCUT2D eigenvalue weighted by Crippen LogP contribution is 2.52. The van der Waals surface area contributed by atoms with E-state index in [1.807, 2.05) is 6.07 Å². The van der Waals surface area contributed by atoms with Crippen LogP contribution in [-0.2, 0) is 23.5 Å². The average Bonchev–Trinajstić information content (AvgIpc) is 2.85. The van der Waals surface area contributed by atoms with Crippen LogP contribution in [0.3, 0.4) is 0 Å². The molecule has 0 radical (unpaired) electrons. The molecule has 0 amide bonds. The second-order valence-corrected chi connectivity index (χ2v) is 17.5. The normalized spacial score (nSPS) is 18.6. The van der Waals surface area contributed by atoms with Gasteiger partial charge in [-0.15, -0.1) is 0 Å². The number of carbonyl (C=O) groups is 2. The molecule has 1 aromatic rings. The number of hydrogen-bond donors (Lipinski definition) is 0. The topological polar surface area (TPSA) is 71.1 Å². The minimum atomic E-state index is -2.46. The van der Waals surface area contributed by atoms with Crippen molar-refractivity contribution in [1.29, 1.82) is 0 Å². The van der Waals surface area contributed by atoms with Gasteiger partial charge < -0.3 is 18.6 Å². The van der Waals surface area contributed by atoms with E-state index in [9.17, 15) is 9.59 Å². The van der Waals surface area contributed by atoms with E-state index in [4.69, 9.17) is 18.6 Å². The fraction of sp³-hybridized carbons (Fsp3) is 0.667. The number of halogens is 1. The maximum absolute atomic E-state index is 13.7. The molecule has 1 aliphatic rings. The SMILES string of the molecule is CC(C)(C)OC(=O)C1(C(=O)OC(C)(C)C)Oc2ccc(Br)cc2C1O[Si](C)(C)C(C)(C)C. The van der Waals surface area contributed by atoms with Crippen molar-refractivity contribution in [3.05, 3.63) is 28.2 Å². The van der Waals surface area contributed by atoms with E-state index in [0.717, 1.165) is 4.47 Å². The van der Waals surface area contributed by atoms with Gasteiger partial charge in [0.2, 0.25) is 0 Å². The lowest BCUT2D eigenvalue weighted by atomic mass is 9.93. The molecular weight excluding hydrogens is 492 g/mol. The van der Waals surface area contributed by atoms with E-state index < -0.39 is 43.2 Å². The second-order valence-electron chi connectivity index (χ2n) is 11.8. The summed E-state index contributed by atoms with van der Waals surface area (Å²) in [4.78, 5) is 27.4. The van der Waals surface area contributed by atoms with E-state index in [0.29, 0.717) is 11.3 Å². The van der Waals surface area contributed by atoms with Crippen molar-refractivity contribution in [1.82, 2.24) is 0 Å². The molecule has 1 unspecified atom stereocenters. The maximum atomic E-state index is 13.7. The van der Waals surface area contributed by atoms with Crippen molar-refractivity contribution in [2.75, 3.05) is 0 Å². The Labute approximate surface area is 201 Å². The Hall–Kier alpha value is -1.38. The summed E-state index contributed by atoms with van der Waals surface area (Å²) in [6, 6.07) is 5.34. The highest BCUT2D eigenvalue weighted by atomic mass is 79.9. The van der Waals surface area contributed by atoms with Crippen molar-refractivity contribution in [2.24, 2.45) is 0 Å². The van der Waals surface area contributed by atoms with Gasteiger partial charge in [0.15, 0.2) is 8.32 Å². The van der Waals surface area contributed by atoms with Crippen LogP contribution in [0, 0.1) is 0 Å². The summed E-state index contributed by atoms with van der Waals surface area (Å²) in [7, 11) is -2.46. The number of hydrogen-bond acceptors (Lipinski definition) is 6. The average molecular weight is 530 g/mol. The van der Waals surface area contributed by atoms with E-state index in [1.54, 1.807) is 53.7 Å². The number of esters is 2. The summed E-state index contributed by atoms with van der Waals surface area (Å²) in [5.41, 5.74) is -3.18. The van der Waals surface area contributed by atoms with Gasteiger partial charge >= 0.3 is 17.5 Å². The quantitative estimate of drug-likeness (QED) is 0.258. The number of ether oxygens (including phenoxy) is 3. The molecule has 180 valence electrons. The van der Waals surface area contributed by atoms with Crippen molar-refractivity contribution in [2.45, 2.75) is 103 Å². The Bertz CT molecular complexity index is 861. The van der Waals surface area contributed by atoms with Gasteiger partial charge in [-0.05, 0) is 77.9 Å². The molecule has 2 rings (SSSR count). The molecule has 1 atom stereocenters. The van der Waals surface area contributed by atoms with E-state index in [1.165, 1.54) is 0 Å². The summed E-state index contributed by atoms with van der Waals surface area (Å²) in [5, 5.41) is -0.171. The summed E-state index contributed by atoms with van der Waals surface area (Å²) < 4.78 is 25.1. The van der Waals surface area contributed by atoms with Crippen LogP contribution in [0.5, 0.6) is 5.75 Å². The lowest BCUT2D eigenvalue weighted by molar-refractivity contribution is -0.200. The zero-order valence-electron chi connectivity index (χ0n) is 21.1. The van der Waals surface area contributed by atoms with Crippen LogP contribution in [-0.4, -0.2) is 37.1 Å². The zero-order valence-corrected chi connectivity index (χ0v) is 23.7. The first kappa shape index (κ1) is 26.9. The van der Waals surface area contributed by atoms with Crippen LogP contribution in [0.1, 0.15) is 74.0 Å². The van der Waals surface area contributed by atoms with Crippen LogP contribution >= 0.6 is 15.9 Å². The monoisotopic (exact) mass is 528 g/mol. The third kappa shape index (κ3) is 5.57. The van der Waals surface area contributed by atoms with Crippen molar-refractivity contribution in [3.63, 3.8) is 0 Å². The summed E-state index contributed by atoms with van der Waals surface area (Å²) in [6.45, 7) is 20.9. The van der Waals surface area contributed by atoms with Crippen LogP contribution < -0.4 is 4.74 Å². The Kier molecular flexibility index (Phi) is 7.08. The van der Waals surface area contributed by atoms with Crippen molar-refractivity contribution >= 4 is 36.2 Å². The summed E-state index contributed by atoms with van der Waals surface area (Å²) in [6.07, 6.45) is -1.01. The number of benzene rings is 1. The Balaban J connectivity index is 2.75. The molecule has 6 nitrogen and oxygen atoms in total. The van der Waals surface area contributed by atoms with Crippen LogP contribution in [0.2, 0.25) is 18.1 Å².